The molecule has 3 rings (SSSR count). The zero-order valence-corrected chi connectivity index (χ0v) is 12.6. The first-order chi connectivity index (χ1) is 9.46. The van der Waals surface area contributed by atoms with Crippen LogP contribution in [0.5, 0.6) is 5.75 Å². The lowest BCUT2D eigenvalue weighted by molar-refractivity contribution is 0.170. The van der Waals surface area contributed by atoms with Crippen LogP contribution in [0.4, 0.5) is 0 Å². The number of benzene rings is 1. The molecule has 1 N–H and O–H groups in total. The van der Waals surface area contributed by atoms with Gasteiger partial charge in [0.25, 0.3) is 0 Å². The van der Waals surface area contributed by atoms with Crippen molar-refractivity contribution in [2.45, 2.75) is 37.8 Å². The fraction of sp³-hybridized carbons (Fsp3) is 0.600. The molecule has 0 bridgehead atoms. The number of rotatable bonds is 2. The lowest BCUT2D eigenvalue weighted by atomic mass is 9.86. The van der Waals surface area contributed by atoms with Gasteiger partial charge in [-0.05, 0) is 56.0 Å². The SMILES string of the molecule is CN(C1CCS(=O)(=O)C1)C1CCCc2cc(O)ccc21. The number of aryl methyl sites for hydroxylation is 1. The summed E-state index contributed by atoms with van der Waals surface area (Å²) < 4.78 is 23.3. The van der Waals surface area contributed by atoms with Gasteiger partial charge in [0, 0.05) is 12.1 Å². The summed E-state index contributed by atoms with van der Waals surface area (Å²) in [7, 11) is -0.805. The maximum absolute atomic E-state index is 11.7. The maximum Gasteiger partial charge on any atom is 0.151 e. The molecule has 1 aromatic rings. The molecular formula is C15H21NO3S. The Kier molecular flexibility index (Phi) is 3.50. The molecule has 4 nitrogen and oxygen atoms in total. The number of phenols is 1. The lowest BCUT2D eigenvalue weighted by Gasteiger charge is -2.36. The molecule has 0 amide bonds. The second kappa shape index (κ2) is 5.04. The fourth-order valence-electron chi connectivity index (χ4n) is 3.55. The number of fused-ring (bicyclic) bond motifs is 1. The van der Waals surface area contributed by atoms with Crippen LogP contribution in [0.1, 0.15) is 36.4 Å². The molecule has 2 atom stereocenters. The van der Waals surface area contributed by atoms with Gasteiger partial charge in [0.15, 0.2) is 9.84 Å². The second-order valence-electron chi connectivity index (χ2n) is 6.01. The molecule has 2 unspecified atom stereocenters. The zero-order valence-electron chi connectivity index (χ0n) is 11.7. The highest BCUT2D eigenvalue weighted by Crippen LogP contribution is 2.37. The molecule has 110 valence electrons. The van der Waals surface area contributed by atoms with E-state index in [0.29, 0.717) is 11.5 Å². The maximum atomic E-state index is 11.7. The molecule has 1 heterocycles. The van der Waals surface area contributed by atoms with E-state index in [0.717, 1.165) is 25.7 Å². The van der Waals surface area contributed by atoms with Gasteiger partial charge in [0.1, 0.15) is 5.75 Å². The van der Waals surface area contributed by atoms with E-state index in [9.17, 15) is 13.5 Å². The van der Waals surface area contributed by atoms with Gasteiger partial charge in [0.05, 0.1) is 11.5 Å². The van der Waals surface area contributed by atoms with E-state index in [4.69, 9.17) is 0 Å². The van der Waals surface area contributed by atoms with Gasteiger partial charge in [-0.1, -0.05) is 6.07 Å². The van der Waals surface area contributed by atoms with E-state index < -0.39 is 9.84 Å². The van der Waals surface area contributed by atoms with Crippen LogP contribution in [0.15, 0.2) is 18.2 Å². The summed E-state index contributed by atoms with van der Waals surface area (Å²) in [6.07, 6.45) is 3.88. The van der Waals surface area contributed by atoms with Crippen molar-refractivity contribution in [2.24, 2.45) is 0 Å². The molecule has 2 aliphatic rings. The number of nitrogens with zero attached hydrogens (tertiary/aromatic N) is 1. The van der Waals surface area contributed by atoms with Crippen LogP contribution in [0.3, 0.4) is 0 Å². The summed E-state index contributed by atoms with van der Waals surface area (Å²) in [4.78, 5) is 2.24. The average Bonchev–Trinajstić information content (AvgIpc) is 2.77. The third-order valence-electron chi connectivity index (χ3n) is 4.69. The molecule has 1 aliphatic carbocycles. The van der Waals surface area contributed by atoms with Gasteiger partial charge < -0.3 is 5.11 Å². The third kappa shape index (κ3) is 2.56. The van der Waals surface area contributed by atoms with Crippen LogP contribution in [0.2, 0.25) is 0 Å². The highest BCUT2D eigenvalue weighted by atomic mass is 32.2. The summed E-state index contributed by atoms with van der Waals surface area (Å²) in [6.45, 7) is 0. The van der Waals surface area contributed by atoms with Crippen molar-refractivity contribution in [3.63, 3.8) is 0 Å². The highest BCUT2D eigenvalue weighted by Gasteiger charge is 2.35. The van der Waals surface area contributed by atoms with Crippen molar-refractivity contribution in [1.29, 1.82) is 0 Å². The topological polar surface area (TPSA) is 57.6 Å². The van der Waals surface area contributed by atoms with Crippen molar-refractivity contribution in [3.8, 4) is 5.75 Å². The Morgan fingerprint density at radius 3 is 2.80 bits per heavy atom. The molecule has 5 heteroatoms. The number of hydrogen-bond acceptors (Lipinski definition) is 4. The van der Waals surface area contributed by atoms with Crippen LogP contribution < -0.4 is 0 Å². The van der Waals surface area contributed by atoms with E-state index in [2.05, 4.69) is 4.90 Å². The third-order valence-corrected chi connectivity index (χ3v) is 6.44. The quantitative estimate of drug-likeness (QED) is 0.905. The summed E-state index contributed by atoms with van der Waals surface area (Å²) in [6, 6.07) is 5.98. The van der Waals surface area contributed by atoms with Gasteiger partial charge in [-0.15, -0.1) is 0 Å². The minimum absolute atomic E-state index is 0.129. The predicted molar refractivity (Wildman–Crippen MR) is 78.6 cm³/mol. The van der Waals surface area contributed by atoms with E-state index >= 15 is 0 Å². The molecule has 0 radical (unpaired) electrons. The van der Waals surface area contributed by atoms with Crippen LogP contribution in [0.25, 0.3) is 0 Å². The summed E-state index contributed by atoms with van der Waals surface area (Å²) >= 11 is 0. The van der Waals surface area contributed by atoms with Crippen molar-refractivity contribution >= 4 is 9.84 Å². The molecule has 20 heavy (non-hydrogen) atoms. The molecule has 1 aromatic carbocycles. The van der Waals surface area contributed by atoms with Crippen LogP contribution in [0, 0.1) is 0 Å². The first-order valence-corrected chi connectivity index (χ1v) is 9.02. The van der Waals surface area contributed by atoms with E-state index in [1.54, 1.807) is 6.07 Å². The Bertz CT molecular complexity index is 612. The second-order valence-corrected chi connectivity index (χ2v) is 8.24. The lowest BCUT2D eigenvalue weighted by Crippen LogP contribution is -2.37. The number of aromatic hydroxyl groups is 1. The van der Waals surface area contributed by atoms with Gasteiger partial charge in [-0.25, -0.2) is 8.42 Å². The van der Waals surface area contributed by atoms with Crippen molar-refractivity contribution in [3.05, 3.63) is 29.3 Å². The van der Waals surface area contributed by atoms with Gasteiger partial charge in [-0.2, -0.15) is 0 Å². The fourth-order valence-corrected chi connectivity index (χ4v) is 5.34. The first-order valence-electron chi connectivity index (χ1n) is 7.20. The number of sulfone groups is 1. The highest BCUT2D eigenvalue weighted by molar-refractivity contribution is 7.91. The van der Waals surface area contributed by atoms with Crippen molar-refractivity contribution < 1.29 is 13.5 Å². The molecule has 1 saturated heterocycles. The van der Waals surface area contributed by atoms with Crippen LogP contribution >= 0.6 is 0 Å². The molecule has 0 saturated carbocycles. The minimum atomic E-state index is -2.84. The monoisotopic (exact) mass is 295 g/mol. The van der Waals surface area contributed by atoms with E-state index in [1.807, 2.05) is 19.2 Å². The average molecular weight is 295 g/mol. The molecular weight excluding hydrogens is 274 g/mol. The summed E-state index contributed by atoms with van der Waals surface area (Å²) in [5.74, 6) is 0.917. The number of hydrogen-bond donors (Lipinski definition) is 1. The Labute approximate surface area is 120 Å². The molecule has 0 aromatic heterocycles. The van der Waals surface area contributed by atoms with Crippen molar-refractivity contribution in [1.82, 2.24) is 4.90 Å². The minimum Gasteiger partial charge on any atom is -0.508 e. The van der Waals surface area contributed by atoms with Gasteiger partial charge >= 0.3 is 0 Å². The Hall–Kier alpha value is -1.07. The van der Waals surface area contributed by atoms with Gasteiger partial charge in [-0.3, -0.25) is 4.90 Å². The van der Waals surface area contributed by atoms with E-state index in [-0.39, 0.29) is 17.8 Å². The standard InChI is InChI=1S/C15H21NO3S/c1-16(12-7-8-20(18,19)10-12)15-4-2-3-11-9-13(17)5-6-14(11)15/h5-6,9,12,15,17H,2-4,7-8,10H2,1H3. The molecule has 0 spiro atoms. The first kappa shape index (κ1) is 13.9. The predicted octanol–water partition coefficient (Wildman–Crippen LogP) is 1.89. The van der Waals surface area contributed by atoms with Gasteiger partial charge in [0.2, 0.25) is 0 Å². The Balaban J connectivity index is 1.85. The summed E-state index contributed by atoms with van der Waals surface area (Å²) in [5, 5.41) is 9.60. The van der Waals surface area contributed by atoms with Crippen LogP contribution in [-0.4, -0.2) is 43.0 Å². The summed E-state index contributed by atoms with van der Waals surface area (Å²) in [5.41, 5.74) is 2.45. The Morgan fingerprint density at radius 1 is 1.30 bits per heavy atom. The zero-order chi connectivity index (χ0) is 14.3. The Morgan fingerprint density at radius 2 is 2.10 bits per heavy atom. The molecule has 1 fully saturated rings. The smallest absolute Gasteiger partial charge is 0.151 e. The normalized spacial score (nSPS) is 28.5. The van der Waals surface area contributed by atoms with Crippen LogP contribution in [-0.2, 0) is 16.3 Å². The molecule has 1 aliphatic heterocycles. The van der Waals surface area contributed by atoms with Crippen molar-refractivity contribution in [2.75, 3.05) is 18.6 Å². The van der Waals surface area contributed by atoms with E-state index in [1.165, 1.54) is 11.1 Å². The largest absolute Gasteiger partial charge is 0.508 e. The number of phenolic OH excluding ortho intramolecular Hbond substituents is 1.